The van der Waals surface area contributed by atoms with E-state index in [4.69, 9.17) is 26.5 Å². The summed E-state index contributed by atoms with van der Waals surface area (Å²) in [5, 5.41) is 9.24. The van der Waals surface area contributed by atoms with Gasteiger partial charge in [0.2, 0.25) is 5.88 Å². The molecule has 6 nitrogen and oxygen atoms in total. The Bertz CT molecular complexity index is 887. The Morgan fingerprint density at radius 3 is 2.84 bits per heavy atom. The number of ether oxygens (including phenoxy) is 1. The third-order valence-corrected chi connectivity index (χ3v) is 3.77. The largest absolute Gasteiger partial charge is 0.478 e. The zero-order valence-electron chi connectivity index (χ0n) is 13.3. The number of aromatic nitrogens is 2. The summed E-state index contributed by atoms with van der Waals surface area (Å²) in [7, 11) is 0. The van der Waals surface area contributed by atoms with E-state index in [0.29, 0.717) is 40.9 Å². The molecule has 25 heavy (non-hydrogen) atoms. The highest BCUT2D eigenvalue weighted by atomic mass is 35.5. The maximum atomic E-state index is 9.24. The van der Waals surface area contributed by atoms with Crippen molar-refractivity contribution in [2.24, 2.45) is 0 Å². The van der Waals surface area contributed by atoms with Crippen LogP contribution in [-0.2, 0) is 0 Å². The van der Waals surface area contributed by atoms with Crippen molar-refractivity contribution in [2.75, 3.05) is 18.2 Å². The minimum absolute atomic E-state index is 0.159. The fourth-order valence-corrected chi connectivity index (χ4v) is 2.40. The van der Waals surface area contributed by atoms with E-state index in [2.05, 4.69) is 9.97 Å². The van der Waals surface area contributed by atoms with Crippen LogP contribution in [-0.4, -0.2) is 22.5 Å². The number of anilines is 1. The van der Waals surface area contributed by atoms with Crippen LogP contribution in [0.2, 0.25) is 0 Å². The van der Waals surface area contributed by atoms with E-state index in [9.17, 15) is 5.26 Å². The summed E-state index contributed by atoms with van der Waals surface area (Å²) in [6.45, 7) is 0.509. The van der Waals surface area contributed by atoms with Crippen molar-refractivity contribution in [1.82, 2.24) is 9.97 Å². The van der Waals surface area contributed by atoms with E-state index in [1.807, 2.05) is 12.1 Å². The van der Waals surface area contributed by atoms with Crippen LogP contribution in [0, 0.1) is 11.3 Å². The summed E-state index contributed by atoms with van der Waals surface area (Å²) < 4.78 is 10.9. The van der Waals surface area contributed by atoms with Gasteiger partial charge in [-0.1, -0.05) is 0 Å². The van der Waals surface area contributed by atoms with Crippen molar-refractivity contribution in [3.8, 4) is 34.5 Å². The lowest BCUT2D eigenvalue weighted by Crippen LogP contribution is -2.01. The van der Waals surface area contributed by atoms with E-state index < -0.39 is 0 Å². The molecular formula is C18H15ClN4O2. The second-order valence-corrected chi connectivity index (χ2v) is 5.56. The number of nitriles is 1. The van der Waals surface area contributed by atoms with Crippen molar-refractivity contribution in [2.45, 2.75) is 6.42 Å². The van der Waals surface area contributed by atoms with Crippen molar-refractivity contribution < 1.29 is 9.15 Å². The third-order valence-electron chi connectivity index (χ3n) is 3.50. The summed E-state index contributed by atoms with van der Waals surface area (Å²) >= 11 is 5.63. The minimum Gasteiger partial charge on any atom is -0.478 e. The van der Waals surface area contributed by atoms with Crippen LogP contribution < -0.4 is 10.5 Å². The van der Waals surface area contributed by atoms with E-state index in [-0.39, 0.29) is 5.82 Å². The average molecular weight is 355 g/mol. The first-order valence-electron chi connectivity index (χ1n) is 7.62. The van der Waals surface area contributed by atoms with Gasteiger partial charge in [-0.3, -0.25) is 0 Å². The van der Waals surface area contributed by atoms with Gasteiger partial charge in [0, 0.05) is 29.3 Å². The van der Waals surface area contributed by atoms with Crippen LogP contribution in [0.3, 0.4) is 0 Å². The molecule has 0 aliphatic heterocycles. The van der Waals surface area contributed by atoms with Gasteiger partial charge in [0.05, 0.1) is 18.4 Å². The number of pyridine rings is 2. The van der Waals surface area contributed by atoms with Crippen molar-refractivity contribution in [1.29, 1.82) is 5.26 Å². The number of nitrogens with two attached hydrogens (primary N) is 1. The lowest BCUT2D eigenvalue weighted by molar-refractivity contribution is 0.306. The number of nitrogens with zero attached hydrogens (tertiary/aromatic N) is 3. The normalized spacial score (nSPS) is 10.4. The molecular weight excluding hydrogens is 340 g/mol. The molecule has 0 bridgehead atoms. The van der Waals surface area contributed by atoms with Gasteiger partial charge in [0.25, 0.3) is 0 Å². The summed E-state index contributed by atoms with van der Waals surface area (Å²) in [5.41, 5.74) is 8.20. The van der Waals surface area contributed by atoms with Gasteiger partial charge in [-0.15, -0.1) is 11.6 Å². The molecule has 0 radical (unpaired) electrons. The van der Waals surface area contributed by atoms with Gasteiger partial charge in [-0.25, -0.2) is 9.97 Å². The van der Waals surface area contributed by atoms with Crippen LogP contribution in [0.25, 0.3) is 22.6 Å². The first-order chi connectivity index (χ1) is 12.2. The maximum absolute atomic E-state index is 9.24. The van der Waals surface area contributed by atoms with Crippen LogP contribution >= 0.6 is 11.6 Å². The van der Waals surface area contributed by atoms with Crippen molar-refractivity contribution >= 4 is 17.4 Å². The number of halogens is 1. The Morgan fingerprint density at radius 1 is 1.32 bits per heavy atom. The number of hydrogen-bond donors (Lipinski definition) is 1. The van der Waals surface area contributed by atoms with Gasteiger partial charge >= 0.3 is 0 Å². The molecule has 3 aromatic heterocycles. The highest BCUT2D eigenvalue weighted by molar-refractivity contribution is 6.17. The number of alkyl halides is 1. The average Bonchev–Trinajstić information content (AvgIpc) is 3.17. The summed E-state index contributed by atoms with van der Waals surface area (Å²) in [6, 6.07) is 10.9. The molecule has 3 aromatic rings. The molecule has 0 amide bonds. The molecule has 0 unspecified atom stereocenters. The Kier molecular flexibility index (Phi) is 5.17. The van der Waals surface area contributed by atoms with Gasteiger partial charge in [0.15, 0.2) is 5.76 Å². The molecule has 2 N–H and O–H groups in total. The van der Waals surface area contributed by atoms with Gasteiger partial charge in [-0.05, 0) is 30.7 Å². The molecule has 126 valence electrons. The molecule has 0 spiro atoms. The minimum atomic E-state index is 0.159. The second-order valence-electron chi connectivity index (χ2n) is 5.18. The monoisotopic (exact) mass is 354 g/mol. The molecule has 3 heterocycles. The van der Waals surface area contributed by atoms with Gasteiger partial charge in [0.1, 0.15) is 17.6 Å². The zero-order chi connectivity index (χ0) is 17.6. The van der Waals surface area contributed by atoms with Gasteiger partial charge < -0.3 is 14.9 Å². The smallest absolute Gasteiger partial charge is 0.213 e. The first kappa shape index (κ1) is 16.8. The Hall–Kier alpha value is -3.04. The fraction of sp³-hybridized carbons (Fsp3) is 0.167. The number of hydrogen-bond acceptors (Lipinski definition) is 6. The topological polar surface area (TPSA) is 98.0 Å². The molecule has 0 saturated carbocycles. The van der Waals surface area contributed by atoms with Crippen molar-refractivity contribution in [3.63, 3.8) is 0 Å². The molecule has 0 saturated heterocycles. The SMILES string of the molecule is N#Cc1cc(-c2ccc(OCCCCl)nc2)c(-c2ccco2)nc1N. The summed E-state index contributed by atoms with van der Waals surface area (Å²) in [4.78, 5) is 8.62. The molecule has 7 heteroatoms. The van der Waals surface area contributed by atoms with E-state index in [1.165, 1.54) is 0 Å². The Morgan fingerprint density at radius 2 is 2.20 bits per heavy atom. The molecule has 0 fully saturated rings. The second kappa shape index (κ2) is 7.69. The lowest BCUT2D eigenvalue weighted by atomic mass is 10.0. The highest BCUT2D eigenvalue weighted by Gasteiger charge is 2.16. The lowest BCUT2D eigenvalue weighted by Gasteiger charge is -2.10. The molecule has 0 aliphatic rings. The number of nitrogen functional groups attached to an aromatic ring is 1. The molecule has 0 atom stereocenters. The van der Waals surface area contributed by atoms with Gasteiger partial charge in [-0.2, -0.15) is 5.26 Å². The van der Waals surface area contributed by atoms with Crippen LogP contribution in [0.15, 0.2) is 47.2 Å². The quantitative estimate of drug-likeness (QED) is 0.533. The Labute approximate surface area is 149 Å². The maximum Gasteiger partial charge on any atom is 0.213 e. The molecule has 0 aliphatic carbocycles. The first-order valence-corrected chi connectivity index (χ1v) is 8.16. The van der Waals surface area contributed by atoms with Crippen LogP contribution in [0.1, 0.15) is 12.0 Å². The van der Waals surface area contributed by atoms with E-state index in [0.717, 1.165) is 12.0 Å². The van der Waals surface area contributed by atoms with E-state index >= 15 is 0 Å². The number of rotatable bonds is 6. The highest BCUT2D eigenvalue weighted by Crippen LogP contribution is 2.33. The predicted octanol–water partition coefficient (Wildman–Crippen LogP) is 3.87. The Balaban J connectivity index is 1.99. The van der Waals surface area contributed by atoms with Crippen molar-refractivity contribution in [3.05, 3.63) is 48.4 Å². The summed E-state index contributed by atoms with van der Waals surface area (Å²) in [5.74, 6) is 1.77. The molecule has 0 aromatic carbocycles. The zero-order valence-corrected chi connectivity index (χ0v) is 14.0. The predicted molar refractivity (Wildman–Crippen MR) is 95.1 cm³/mol. The third kappa shape index (κ3) is 3.73. The van der Waals surface area contributed by atoms with E-state index in [1.54, 1.807) is 36.7 Å². The number of furan rings is 1. The van der Waals surface area contributed by atoms with Crippen LogP contribution in [0.5, 0.6) is 5.88 Å². The standard InChI is InChI=1S/C18H15ClN4O2/c19-6-2-8-25-16-5-4-12(11-22-16)14-9-13(10-20)18(21)23-17(14)15-3-1-7-24-15/h1,3-5,7,9,11H,2,6,8H2,(H2,21,23). The fourth-order valence-electron chi connectivity index (χ4n) is 2.29. The molecule has 3 rings (SSSR count). The summed E-state index contributed by atoms with van der Waals surface area (Å²) in [6.07, 6.45) is 3.97. The van der Waals surface area contributed by atoms with Crippen LogP contribution in [0.4, 0.5) is 5.82 Å².